The van der Waals surface area contributed by atoms with E-state index in [1.807, 2.05) is 13.0 Å². The van der Waals surface area contributed by atoms with Crippen LogP contribution in [0.15, 0.2) is 23.3 Å². The first kappa shape index (κ1) is 16.7. The molecule has 0 unspecified atom stereocenters. The maximum absolute atomic E-state index is 11.7. The molecule has 0 atom stereocenters. The molecule has 3 heteroatoms. The molecule has 0 spiro atoms. The van der Waals surface area contributed by atoms with E-state index in [9.17, 15) is 9.59 Å². The summed E-state index contributed by atoms with van der Waals surface area (Å²) in [7, 11) is 0. The highest BCUT2D eigenvalue weighted by molar-refractivity contribution is 5.92. The fraction of sp³-hybridized carbons (Fsp3) is 0.647. The molecular weight excluding hydrogens is 252 g/mol. The number of ether oxygens (including phenoxy) is 1. The molecule has 20 heavy (non-hydrogen) atoms. The van der Waals surface area contributed by atoms with E-state index < -0.39 is 0 Å². The zero-order valence-corrected chi connectivity index (χ0v) is 13.1. The zero-order valence-electron chi connectivity index (χ0n) is 13.1. The molecule has 112 valence electrons. The second kappa shape index (κ2) is 7.41. The molecule has 0 aromatic carbocycles. The molecule has 3 nitrogen and oxygen atoms in total. The van der Waals surface area contributed by atoms with Crippen LogP contribution in [0.3, 0.4) is 0 Å². The Bertz CT molecular complexity index is 428. The second-order valence-electron chi connectivity index (χ2n) is 6.14. The van der Waals surface area contributed by atoms with E-state index in [0.717, 1.165) is 19.3 Å². The first-order chi connectivity index (χ1) is 9.36. The molecule has 0 N–H and O–H groups in total. The summed E-state index contributed by atoms with van der Waals surface area (Å²) in [5.74, 6) is -0.459. The van der Waals surface area contributed by atoms with Gasteiger partial charge in [-0.3, -0.25) is 9.59 Å². The summed E-state index contributed by atoms with van der Waals surface area (Å²) in [5, 5.41) is 0. The lowest BCUT2D eigenvalue weighted by molar-refractivity contribution is -0.146. The molecule has 0 saturated carbocycles. The van der Waals surface area contributed by atoms with Crippen molar-refractivity contribution < 1.29 is 14.3 Å². The van der Waals surface area contributed by atoms with Gasteiger partial charge in [-0.25, -0.2) is 0 Å². The highest BCUT2D eigenvalue weighted by Gasteiger charge is 2.26. The molecule has 0 heterocycles. The number of hydrogen-bond acceptors (Lipinski definition) is 3. The largest absolute Gasteiger partial charge is 0.457 e. The van der Waals surface area contributed by atoms with Crippen molar-refractivity contribution in [1.29, 1.82) is 0 Å². The summed E-state index contributed by atoms with van der Waals surface area (Å²) in [6.45, 7) is 8.31. The molecule has 0 saturated heterocycles. The third-order valence-electron chi connectivity index (χ3n) is 3.81. The van der Waals surface area contributed by atoms with Crippen LogP contribution in [0.25, 0.3) is 0 Å². The Labute approximate surface area is 122 Å². The van der Waals surface area contributed by atoms with E-state index >= 15 is 0 Å². The van der Waals surface area contributed by atoms with Crippen LogP contribution >= 0.6 is 0 Å². The fourth-order valence-electron chi connectivity index (χ4n) is 2.66. The van der Waals surface area contributed by atoms with Crippen LogP contribution in [0.4, 0.5) is 0 Å². The van der Waals surface area contributed by atoms with Gasteiger partial charge in [-0.1, -0.05) is 32.4 Å². The van der Waals surface area contributed by atoms with Crippen molar-refractivity contribution >= 4 is 11.8 Å². The Morgan fingerprint density at radius 3 is 2.65 bits per heavy atom. The highest BCUT2D eigenvalue weighted by atomic mass is 16.5. The molecule has 0 fully saturated rings. The maximum atomic E-state index is 11.7. The van der Waals surface area contributed by atoms with Crippen LogP contribution < -0.4 is 0 Å². The number of carbonyl (C=O) groups is 2. The fourth-order valence-corrected chi connectivity index (χ4v) is 2.66. The molecule has 1 aliphatic rings. The van der Waals surface area contributed by atoms with Crippen molar-refractivity contribution in [1.82, 2.24) is 0 Å². The van der Waals surface area contributed by atoms with Crippen LogP contribution in [0.2, 0.25) is 0 Å². The Balaban J connectivity index is 2.58. The average Bonchev–Trinajstić information content (AvgIpc) is 2.35. The summed E-state index contributed by atoms with van der Waals surface area (Å²) >= 11 is 0. The van der Waals surface area contributed by atoms with Gasteiger partial charge in [0.1, 0.15) is 0 Å². The Hall–Kier alpha value is -1.38. The van der Waals surface area contributed by atoms with Gasteiger partial charge in [-0.05, 0) is 49.7 Å². The van der Waals surface area contributed by atoms with Gasteiger partial charge in [0.25, 0.3) is 0 Å². The SMILES string of the molecule is CCCC(=O)OCC(=O)C=CC1=C(C)CCCC1(C)C. The Morgan fingerprint density at radius 2 is 2.05 bits per heavy atom. The third kappa shape index (κ3) is 4.95. The van der Waals surface area contributed by atoms with Gasteiger partial charge in [0, 0.05) is 6.42 Å². The lowest BCUT2D eigenvalue weighted by Gasteiger charge is -2.32. The number of carbonyl (C=O) groups excluding carboxylic acids is 2. The summed E-state index contributed by atoms with van der Waals surface area (Å²) in [4.78, 5) is 22.9. The Kier molecular flexibility index (Phi) is 6.18. The van der Waals surface area contributed by atoms with Gasteiger partial charge in [-0.2, -0.15) is 0 Å². The van der Waals surface area contributed by atoms with Crippen molar-refractivity contribution in [3.8, 4) is 0 Å². The predicted molar refractivity (Wildman–Crippen MR) is 80.3 cm³/mol. The standard InChI is InChI=1S/C17H26O3/c1-5-7-16(19)20-12-14(18)9-10-15-13(2)8-6-11-17(15,3)4/h9-10H,5-8,11-12H2,1-4H3. The molecule has 0 bridgehead atoms. The van der Waals surface area contributed by atoms with E-state index in [-0.39, 0.29) is 23.8 Å². The summed E-state index contributed by atoms with van der Waals surface area (Å²) in [6, 6.07) is 0. The van der Waals surface area contributed by atoms with E-state index in [0.29, 0.717) is 6.42 Å². The quantitative estimate of drug-likeness (QED) is 0.545. The first-order valence-corrected chi connectivity index (χ1v) is 7.43. The van der Waals surface area contributed by atoms with Crippen molar-refractivity contribution in [3.63, 3.8) is 0 Å². The monoisotopic (exact) mass is 278 g/mol. The van der Waals surface area contributed by atoms with Gasteiger partial charge in [0.15, 0.2) is 12.4 Å². The van der Waals surface area contributed by atoms with E-state index in [1.54, 1.807) is 6.08 Å². The number of hydrogen-bond donors (Lipinski definition) is 0. The van der Waals surface area contributed by atoms with Gasteiger partial charge in [0.2, 0.25) is 0 Å². The molecular formula is C17H26O3. The van der Waals surface area contributed by atoms with E-state index in [4.69, 9.17) is 4.74 Å². The van der Waals surface area contributed by atoms with Gasteiger partial charge < -0.3 is 4.74 Å². The van der Waals surface area contributed by atoms with E-state index in [2.05, 4.69) is 20.8 Å². The van der Waals surface area contributed by atoms with Crippen molar-refractivity contribution in [2.24, 2.45) is 5.41 Å². The highest BCUT2D eigenvalue weighted by Crippen LogP contribution is 2.40. The van der Waals surface area contributed by atoms with Crippen LogP contribution in [0, 0.1) is 5.41 Å². The number of esters is 1. The van der Waals surface area contributed by atoms with Crippen LogP contribution in [0.1, 0.15) is 59.8 Å². The molecule has 1 aliphatic carbocycles. The van der Waals surface area contributed by atoms with Crippen LogP contribution in [0.5, 0.6) is 0 Å². The van der Waals surface area contributed by atoms with Crippen molar-refractivity contribution in [3.05, 3.63) is 23.3 Å². The van der Waals surface area contributed by atoms with E-state index in [1.165, 1.54) is 17.6 Å². The lowest BCUT2D eigenvalue weighted by Crippen LogP contribution is -2.19. The third-order valence-corrected chi connectivity index (χ3v) is 3.81. The smallest absolute Gasteiger partial charge is 0.306 e. The van der Waals surface area contributed by atoms with Crippen LogP contribution in [-0.4, -0.2) is 18.4 Å². The zero-order chi connectivity index (χ0) is 15.2. The van der Waals surface area contributed by atoms with Crippen molar-refractivity contribution in [2.75, 3.05) is 6.61 Å². The van der Waals surface area contributed by atoms with Gasteiger partial charge in [0.05, 0.1) is 0 Å². The van der Waals surface area contributed by atoms with Gasteiger partial charge in [-0.15, -0.1) is 0 Å². The number of allylic oxidation sites excluding steroid dienone is 3. The average molecular weight is 278 g/mol. The first-order valence-electron chi connectivity index (χ1n) is 7.43. The van der Waals surface area contributed by atoms with Crippen LogP contribution in [-0.2, 0) is 14.3 Å². The minimum atomic E-state index is -0.303. The maximum Gasteiger partial charge on any atom is 0.306 e. The summed E-state index contributed by atoms with van der Waals surface area (Å²) in [6.07, 6.45) is 8.01. The minimum Gasteiger partial charge on any atom is -0.457 e. The number of ketones is 1. The molecule has 0 amide bonds. The minimum absolute atomic E-state index is 0.123. The molecule has 0 aromatic heterocycles. The molecule has 0 radical (unpaired) electrons. The van der Waals surface area contributed by atoms with Crippen molar-refractivity contribution in [2.45, 2.75) is 59.8 Å². The molecule has 0 aliphatic heterocycles. The molecule has 0 aromatic rings. The topological polar surface area (TPSA) is 43.4 Å². The lowest BCUT2D eigenvalue weighted by atomic mass is 9.72. The summed E-state index contributed by atoms with van der Waals surface area (Å²) in [5.41, 5.74) is 2.73. The normalized spacial score (nSPS) is 18.4. The number of rotatable bonds is 6. The summed E-state index contributed by atoms with van der Waals surface area (Å²) < 4.78 is 4.91. The second-order valence-corrected chi connectivity index (χ2v) is 6.14. The van der Waals surface area contributed by atoms with Gasteiger partial charge >= 0.3 is 5.97 Å². The predicted octanol–water partition coefficient (Wildman–Crippen LogP) is 3.98. The Morgan fingerprint density at radius 1 is 1.35 bits per heavy atom. The molecule has 1 rings (SSSR count).